The van der Waals surface area contributed by atoms with Crippen molar-refractivity contribution in [3.8, 4) is 11.1 Å². The molecule has 30 heavy (non-hydrogen) atoms. The fourth-order valence-corrected chi connectivity index (χ4v) is 4.48. The number of benzene rings is 2. The lowest BCUT2D eigenvalue weighted by atomic mass is 9.94. The third-order valence-electron chi connectivity index (χ3n) is 6.16. The molecule has 2 fully saturated rings. The second-order valence-electron chi connectivity index (χ2n) is 8.17. The van der Waals surface area contributed by atoms with E-state index in [1.54, 1.807) is 0 Å². The summed E-state index contributed by atoms with van der Waals surface area (Å²) in [6.07, 6.45) is 2.01. The van der Waals surface area contributed by atoms with Crippen LogP contribution in [0.15, 0.2) is 54.6 Å². The second kappa shape index (κ2) is 9.43. The first-order chi connectivity index (χ1) is 14.7. The molecule has 2 atom stereocenters. The molecular weight excluding hydrogens is 376 g/mol. The lowest BCUT2D eigenvalue weighted by molar-refractivity contribution is -0.141. The van der Waals surface area contributed by atoms with Gasteiger partial charge in [-0.2, -0.15) is 0 Å². The van der Waals surface area contributed by atoms with Crippen LogP contribution in [-0.2, 0) is 20.7 Å². The van der Waals surface area contributed by atoms with E-state index in [1.165, 1.54) is 0 Å². The number of amides is 2. The molecule has 0 unspecified atom stereocenters. The average molecular weight is 407 g/mol. The van der Waals surface area contributed by atoms with Crippen LogP contribution in [0, 0.1) is 5.92 Å². The van der Waals surface area contributed by atoms with E-state index in [-0.39, 0.29) is 23.8 Å². The van der Waals surface area contributed by atoms with Crippen molar-refractivity contribution in [2.45, 2.75) is 32.3 Å². The van der Waals surface area contributed by atoms with E-state index in [9.17, 15) is 9.59 Å². The Balaban J connectivity index is 1.54. The molecule has 0 bridgehead atoms. The van der Waals surface area contributed by atoms with Crippen molar-refractivity contribution in [2.24, 2.45) is 5.92 Å². The number of hydrogen-bond acceptors (Lipinski definition) is 3. The Morgan fingerprint density at radius 3 is 2.60 bits per heavy atom. The van der Waals surface area contributed by atoms with Crippen molar-refractivity contribution in [2.75, 3.05) is 32.8 Å². The van der Waals surface area contributed by atoms with Crippen LogP contribution in [0.1, 0.15) is 25.3 Å². The molecule has 2 aromatic carbocycles. The SMILES string of the molecule is CCN1CCN(C(=O)[C@H]2CCCO2)C[C@@H](Cc2cccc(-c3ccccc3)c2)C1=O. The van der Waals surface area contributed by atoms with E-state index in [2.05, 4.69) is 30.3 Å². The van der Waals surface area contributed by atoms with Gasteiger partial charge in [0.05, 0.1) is 5.92 Å². The quantitative estimate of drug-likeness (QED) is 0.765. The van der Waals surface area contributed by atoms with Crippen LogP contribution in [0.4, 0.5) is 0 Å². The molecule has 158 valence electrons. The first-order valence-electron chi connectivity index (χ1n) is 11.0. The summed E-state index contributed by atoms with van der Waals surface area (Å²) in [5.41, 5.74) is 3.43. The highest BCUT2D eigenvalue weighted by Crippen LogP contribution is 2.24. The molecule has 0 aliphatic carbocycles. The van der Waals surface area contributed by atoms with Gasteiger partial charge in [-0.15, -0.1) is 0 Å². The van der Waals surface area contributed by atoms with Gasteiger partial charge in [-0.3, -0.25) is 9.59 Å². The van der Waals surface area contributed by atoms with Gasteiger partial charge in [0.1, 0.15) is 6.10 Å². The maximum atomic E-state index is 13.2. The van der Waals surface area contributed by atoms with Crippen LogP contribution >= 0.6 is 0 Å². The Bertz CT molecular complexity index is 877. The molecule has 2 amide bonds. The summed E-state index contributed by atoms with van der Waals surface area (Å²) in [5, 5.41) is 0. The summed E-state index contributed by atoms with van der Waals surface area (Å²) in [5.74, 6) is -0.0460. The van der Waals surface area contributed by atoms with Crippen LogP contribution in [0.3, 0.4) is 0 Å². The minimum atomic E-state index is -0.338. The van der Waals surface area contributed by atoms with Gasteiger partial charge in [-0.25, -0.2) is 0 Å². The number of likely N-dealkylation sites (N-methyl/N-ethyl adjacent to an activating group) is 1. The topological polar surface area (TPSA) is 49.9 Å². The lowest BCUT2D eigenvalue weighted by Crippen LogP contribution is -2.42. The molecule has 2 aliphatic heterocycles. The number of ether oxygens (including phenoxy) is 1. The number of hydrogen-bond donors (Lipinski definition) is 0. The molecule has 2 aromatic rings. The van der Waals surface area contributed by atoms with Crippen LogP contribution in [0.5, 0.6) is 0 Å². The summed E-state index contributed by atoms with van der Waals surface area (Å²) in [6, 6.07) is 18.6. The van der Waals surface area contributed by atoms with Crippen molar-refractivity contribution in [3.05, 3.63) is 60.2 Å². The largest absolute Gasteiger partial charge is 0.368 e. The highest BCUT2D eigenvalue weighted by molar-refractivity contribution is 5.84. The lowest BCUT2D eigenvalue weighted by Gasteiger charge is -2.25. The molecule has 2 heterocycles. The van der Waals surface area contributed by atoms with Crippen molar-refractivity contribution in [1.82, 2.24) is 9.80 Å². The first kappa shape index (κ1) is 20.6. The van der Waals surface area contributed by atoms with Gasteiger partial charge in [-0.1, -0.05) is 54.6 Å². The van der Waals surface area contributed by atoms with Crippen LogP contribution in [-0.4, -0.2) is 60.5 Å². The number of carbonyl (C=O) groups is 2. The predicted octanol–water partition coefficient (Wildman–Crippen LogP) is 3.38. The van der Waals surface area contributed by atoms with Crippen LogP contribution in [0.25, 0.3) is 11.1 Å². The molecular formula is C25H30N2O3. The fraction of sp³-hybridized carbons (Fsp3) is 0.440. The van der Waals surface area contributed by atoms with Gasteiger partial charge in [0.2, 0.25) is 5.91 Å². The molecule has 0 saturated carbocycles. The average Bonchev–Trinajstić information content (AvgIpc) is 3.28. The van der Waals surface area contributed by atoms with E-state index >= 15 is 0 Å². The van der Waals surface area contributed by atoms with Crippen LogP contribution < -0.4 is 0 Å². The van der Waals surface area contributed by atoms with E-state index < -0.39 is 0 Å². The van der Waals surface area contributed by atoms with Gasteiger partial charge in [0.15, 0.2) is 0 Å². The van der Waals surface area contributed by atoms with Crippen molar-refractivity contribution in [1.29, 1.82) is 0 Å². The minimum Gasteiger partial charge on any atom is -0.368 e. The predicted molar refractivity (Wildman–Crippen MR) is 117 cm³/mol. The second-order valence-corrected chi connectivity index (χ2v) is 8.17. The summed E-state index contributed by atoms with van der Waals surface area (Å²) >= 11 is 0. The number of nitrogens with zero attached hydrogens (tertiary/aromatic N) is 2. The molecule has 2 aliphatic rings. The molecule has 2 saturated heterocycles. The standard InChI is InChI=1S/C25H30N2O3/c1-2-26-13-14-27(25(29)23-12-7-15-30-23)18-22(24(26)28)17-19-8-6-11-21(16-19)20-9-4-3-5-10-20/h3-6,8-11,16,22-23H,2,7,12-15,17-18H2,1H3/t22-,23-/m1/s1. The van der Waals surface area contributed by atoms with E-state index in [0.717, 1.165) is 29.5 Å². The molecule has 0 radical (unpaired) electrons. The van der Waals surface area contributed by atoms with Crippen molar-refractivity contribution >= 4 is 11.8 Å². The van der Waals surface area contributed by atoms with Gasteiger partial charge < -0.3 is 14.5 Å². The molecule has 4 rings (SSSR count). The third kappa shape index (κ3) is 4.57. The summed E-state index contributed by atoms with van der Waals surface area (Å²) in [4.78, 5) is 29.9. The van der Waals surface area contributed by atoms with Gasteiger partial charge in [-0.05, 0) is 42.9 Å². The van der Waals surface area contributed by atoms with E-state index in [4.69, 9.17) is 4.74 Å². The smallest absolute Gasteiger partial charge is 0.251 e. The Labute approximate surface area is 178 Å². The molecule has 5 heteroatoms. The summed E-state index contributed by atoms with van der Waals surface area (Å²) in [6.45, 7) is 4.96. The molecule has 0 N–H and O–H groups in total. The Morgan fingerprint density at radius 1 is 1.07 bits per heavy atom. The van der Waals surface area contributed by atoms with Gasteiger partial charge in [0.25, 0.3) is 5.91 Å². The third-order valence-corrected chi connectivity index (χ3v) is 6.16. The number of rotatable bonds is 5. The fourth-order valence-electron chi connectivity index (χ4n) is 4.48. The van der Waals surface area contributed by atoms with E-state index in [1.807, 2.05) is 41.0 Å². The van der Waals surface area contributed by atoms with E-state index in [0.29, 0.717) is 39.2 Å². The highest BCUT2D eigenvalue weighted by Gasteiger charge is 2.35. The van der Waals surface area contributed by atoms with Gasteiger partial charge in [0, 0.05) is 32.8 Å². The first-order valence-corrected chi connectivity index (χ1v) is 11.0. The monoisotopic (exact) mass is 406 g/mol. The Hall–Kier alpha value is -2.66. The molecule has 0 aromatic heterocycles. The highest BCUT2D eigenvalue weighted by atomic mass is 16.5. The zero-order valence-corrected chi connectivity index (χ0v) is 17.6. The summed E-state index contributed by atoms with van der Waals surface area (Å²) in [7, 11) is 0. The van der Waals surface area contributed by atoms with Crippen molar-refractivity contribution < 1.29 is 14.3 Å². The van der Waals surface area contributed by atoms with Crippen LogP contribution in [0.2, 0.25) is 0 Å². The number of carbonyl (C=O) groups excluding carboxylic acids is 2. The Kier molecular flexibility index (Phi) is 6.48. The molecule has 5 nitrogen and oxygen atoms in total. The zero-order valence-electron chi connectivity index (χ0n) is 17.6. The Morgan fingerprint density at radius 2 is 1.87 bits per heavy atom. The minimum absolute atomic E-state index is 0.0429. The van der Waals surface area contributed by atoms with Crippen molar-refractivity contribution in [3.63, 3.8) is 0 Å². The summed E-state index contributed by atoms with van der Waals surface area (Å²) < 4.78 is 5.62. The maximum Gasteiger partial charge on any atom is 0.251 e. The molecule has 0 spiro atoms. The normalized spacial score (nSPS) is 22.2. The van der Waals surface area contributed by atoms with Gasteiger partial charge >= 0.3 is 0 Å². The zero-order chi connectivity index (χ0) is 20.9. The maximum absolute atomic E-state index is 13.2.